The third-order valence-corrected chi connectivity index (χ3v) is 8.44. The van der Waals surface area contributed by atoms with Crippen LogP contribution in [-0.2, 0) is 25.5 Å². The Morgan fingerprint density at radius 2 is 1.46 bits per heavy atom. The molecule has 0 aliphatic carbocycles. The zero-order chi connectivity index (χ0) is 32.5. The van der Waals surface area contributed by atoms with Crippen LogP contribution in [-0.4, -0.2) is 15.0 Å². The van der Waals surface area contributed by atoms with Crippen molar-refractivity contribution in [1.29, 1.82) is 0 Å². The quantitative estimate of drug-likeness (QED) is 0.167. The second-order valence-corrected chi connectivity index (χ2v) is 12.9. The first-order valence-electron chi connectivity index (χ1n) is 15.9. The van der Waals surface area contributed by atoms with E-state index in [-0.39, 0.29) is 25.5 Å². The molecule has 0 aliphatic rings. The maximum Gasteiger partial charge on any atom is 0.120 e. The van der Waals surface area contributed by atoms with Gasteiger partial charge >= 0.3 is 0 Å². The van der Waals surface area contributed by atoms with Gasteiger partial charge < -0.3 is 14.4 Å². The number of nitrogens with zero attached hydrogens (tertiary/aromatic N) is 3. The number of pyridine rings is 3. The number of aromatic nitrogens is 3. The van der Waals surface area contributed by atoms with E-state index in [1.54, 1.807) is 6.20 Å². The Labute approximate surface area is 295 Å². The van der Waals surface area contributed by atoms with Crippen LogP contribution in [0.15, 0.2) is 126 Å². The third-order valence-electron chi connectivity index (χ3n) is 8.44. The predicted molar refractivity (Wildman–Crippen MR) is 193 cm³/mol. The van der Waals surface area contributed by atoms with Crippen LogP contribution in [0.2, 0.25) is 0 Å². The van der Waals surface area contributed by atoms with Crippen LogP contribution in [0, 0.1) is 26.0 Å². The Hall–Kier alpha value is -4.96. The molecule has 0 N–H and O–H groups in total. The summed E-state index contributed by atoms with van der Waals surface area (Å²) in [5.41, 5.74) is 12.3. The summed E-state index contributed by atoms with van der Waals surface area (Å²) < 4.78 is 6.25. The van der Waals surface area contributed by atoms with Crippen LogP contribution in [0.4, 0.5) is 0 Å². The molecule has 0 aliphatic heterocycles. The number of para-hydroxylation sites is 1. The zero-order valence-corrected chi connectivity index (χ0v) is 30.0. The Morgan fingerprint density at radius 1 is 0.667 bits per heavy atom. The van der Waals surface area contributed by atoms with Crippen LogP contribution in [0.25, 0.3) is 66.5 Å². The topological polar surface area (TPSA) is 51.8 Å². The van der Waals surface area contributed by atoms with Gasteiger partial charge in [-0.15, -0.1) is 54.1 Å². The molecule has 8 aromatic rings. The van der Waals surface area contributed by atoms with Crippen LogP contribution >= 0.6 is 0 Å². The van der Waals surface area contributed by atoms with E-state index in [0.29, 0.717) is 0 Å². The van der Waals surface area contributed by atoms with Gasteiger partial charge in [-0.05, 0) is 77.8 Å². The van der Waals surface area contributed by atoms with Crippen LogP contribution in [0.1, 0.15) is 37.6 Å². The molecular weight excluding hydrogens is 767 g/mol. The van der Waals surface area contributed by atoms with Gasteiger partial charge in [0.1, 0.15) is 5.58 Å². The average molecular weight is 802 g/mol. The fraction of sp³-hybridized carbons (Fsp3) is 0.140. The van der Waals surface area contributed by atoms with Gasteiger partial charge in [0.25, 0.3) is 0 Å². The van der Waals surface area contributed by atoms with Crippen molar-refractivity contribution in [2.24, 2.45) is 0 Å². The van der Waals surface area contributed by atoms with Crippen LogP contribution < -0.4 is 0 Å². The molecule has 48 heavy (non-hydrogen) atoms. The monoisotopic (exact) mass is 802 g/mol. The van der Waals surface area contributed by atoms with E-state index in [9.17, 15) is 0 Å². The van der Waals surface area contributed by atoms with Gasteiger partial charge in [0.05, 0.1) is 11.1 Å². The largest absolute Gasteiger partial charge is 0.501 e. The molecule has 4 aromatic heterocycles. The number of rotatable bonds is 3. The van der Waals surface area contributed by atoms with Gasteiger partial charge in [0.15, 0.2) is 0 Å². The molecule has 239 valence electrons. The molecule has 0 atom stereocenters. The maximum absolute atomic E-state index is 6.25. The summed E-state index contributed by atoms with van der Waals surface area (Å²) in [7, 11) is 0. The molecule has 4 heterocycles. The Balaban J connectivity index is 0.000000260. The molecule has 0 fully saturated rings. The Bertz CT molecular complexity index is 2320. The van der Waals surface area contributed by atoms with E-state index < -0.39 is 0 Å². The number of aryl methyl sites for hydroxylation is 2. The third kappa shape index (κ3) is 6.57. The van der Waals surface area contributed by atoms with Crippen molar-refractivity contribution in [3.05, 3.63) is 151 Å². The number of hydrogen-bond acceptors (Lipinski definition) is 4. The molecule has 0 unspecified atom stereocenters. The molecule has 0 bridgehead atoms. The SMILES string of the molecule is Cc1cnc(-c2[c-]ccc3c2oc2ccccc23)cc1-c1cc2ccc(C(C)(C)C)nc2cc1C.[Ir].[c-]1ccccc1-c1ccccn1. The summed E-state index contributed by atoms with van der Waals surface area (Å²) in [5, 5.41) is 3.33. The normalized spacial score (nSPS) is 11.3. The van der Waals surface area contributed by atoms with Gasteiger partial charge in [-0.3, -0.25) is 4.98 Å². The van der Waals surface area contributed by atoms with E-state index in [2.05, 4.69) is 94.2 Å². The van der Waals surface area contributed by atoms with Crippen LogP contribution in [0.3, 0.4) is 0 Å². The Morgan fingerprint density at radius 3 is 2.23 bits per heavy atom. The van der Waals surface area contributed by atoms with Crippen molar-refractivity contribution < 1.29 is 24.5 Å². The minimum atomic E-state index is 0. The average Bonchev–Trinajstić information content (AvgIpc) is 3.48. The Kier molecular flexibility index (Phi) is 9.37. The molecule has 4 aromatic carbocycles. The van der Waals surface area contributed by atoms with E-state index in [0.717, 1.165) is 72.2 Å². The van der Waals surface area contributed by atoms with Crippen molar-refractivity contribution in [1.82, 2.24) is 15.0 Å². The standard InChI is InChI=1S/C32H27N2O.C11H8N.Ir/c1-19-15-27-21(13-14-30(34-27)32(3,4)5)16-25(19)26-17-28(33-18-20(26)2)24-11-8-10-23-22-9-6-7-12-29(22)35-31(23)24;1-2-6-10(7-3-1)11-8-4-5-9-12-11;/h6-10,12-18H,1-5H3;1-6,8-9H;/q2*-1;. The second kappa shape index (κ2) is 13.6. The first-order chi connectivity index (χ1) is 22.8. The minimum absolute atomic E-state index is 0. The zero-order valence-electron chi connectivity index (χ0n) is 27.6. The van der Waals surface area contributed by atoms with E-state index >= 15 is 0 Å². The van der Waals surface area contributed by atoms with E-state index in [4.69, 9.17) is 14.4 Å². The molecule has 0 saturated carbocycles. The summed E-state index contributed by atoms with van der Waals surface area (Å²) >= 11 is 0. The van der Waals surface area contributed by atoms with Crippen molar-refractivity contribution in [2.75, 3.05) is 0 Å². The fourth-order valence-corrected chi connectivity index (χ4v) is 5.89. The van der Waals surface area contributed by atoms with Crippen LogP contribution in [0.5, 0.6) is 0 Å². The summed E-state index contributed by atoms with van der Waals surface area (Å²) in [6.45, 7) is 10.9. The molecule has 0 amide bonds. The maximum atomic E-state index is 6.25. The summed E-state index contributed by atoms with van der Waals surface area (Å²) in [6, 6.07) is 43.3. The van der Waals surface area contributed by atoms with Gasteiger partial charge in [-0.1, -0.05) is 74.2 Å². The molecular formula is C43H35IrN3O-2. The van der Waals surface area contributed by atoms with E-state index in [1.165, 1.54) is 11.1 Å². The molecule has 0 spiro atoms. The molecule has 8 rings (SSSR count). The summed E-state index contributed by atoms with van der Waals surface area (Å²) in [6.07, 6.45) is 3.74. The number of hydrogen-bond donors (Lipinski definition) is 0. The van der Waals surface area contributed by atoms with Crippen molar-refractivity contribution in [3.8, 4) is 33.6 Å². The van der Waals surface area contributed by atoms with Crippen molar-refractivity contribution in [2.45, 2.75) is 40.0 Å². The van der Waals surface area contributed by atoms with E-state index in [1.807, 2.05) is 72.9 Å². The first-order valence-corrected chi connectivity index (χ1v) is 15.9. The van der Waals surface area contributed by atoms with Crippen molar-refractivity contribution >= 4 is 32.8 Å². The van der Waals surface area contributed by atoms with Gasteiger partial charge in [0.2, 0.25) is 0 Å². The summed E-state index contributed by atoms with van der Waals surface area (Å²) in [4.78, 5) is 14.0. The van der Waals surface area contributed by atoms with Crippen molar-refractivity contribution in [3.63, 3.8) is 0 Å². The second-order valence-electron chi connectivity index (χ2n) is 12.9. The number of benzene rings is 4. The first kappa shape index (κ1) is 33.0. The molecule has 4 nitrogen and oxygen atoms in total. The fourth-order valence-electron chi connectivity index (χ4n) is 5.89. The molecule has 1 radical (unpaired) electrons. The van der Waals surface area contributed by atoms with Gasteiger partial charge in [0, 0.05) is 54.4 Å². The molecule has 0 saturated heterocycles. The predicted octanol–water partition coefficient (Wildman–Crippen LogP) is 11.1. The number of fused-ring (bicyclic) bond motifs is 4. The van der Waals surface area contributed by atoms with Gasteiger partial charge in [-0.25, -0.2) is 0 Å². The minimum Gasteiger partial charge on any atom is -0.501 e. The number of furan rings is 1. The molecule has 5 heteroatoms. The summed E-state index contributed by atoms with van der Waals surface area (Å²) in [5.74, 6) is 0. The van der Waals surface area contributed by atoms with Gasteiger partial charge in [-0.2, -0.15) is 0 Å². The smallest absolute Gasteiger partial charge is 0.120 e.